The lowest BCUT2D eigenvalue weighted by Gasteiger charge is -2.17. The molecule has 0 radical (unpaired) electrons. The van der Waals surface area contributed by atoms with Gasteiger partial charge in [0.25, 0.3) is 5.91 Å². The van der Waals surface area contributed by atoms with Gasteiger partial charge in [-0.05, 0) is 43.0 Å². The van der Waals surface area contributed by atoms with Crippen LogP contribution in [0.25, 0.3) is 4.91 Å². The minimum Gasteiger partial charge on any atom is -0.444 e. The van der Waals surface area contributed by atoms with Crippen LogP contribution in [0.3, 0.4) is 0 Å². The second-order valence-electron chi connectivity index (χ2n) is 5.38. The summed E-state index contributed by atoms with van der Waals surface area (Å²) in [6.45, 7) is 1.79. The van der Waals surface area contributed by atoms with Crippen molar-refractivity contribution < 1.29 is 9.53 Å². The Labute approximate surface area is 148 Å². The zero-order chi connectivity index (χ0) is 17.4. The van der Waals surface area contributed by atoms with Crippen molar-refractivity contribution in [2.24, 2.45) is 5.73 Å². The summed E-state index contributed by atoms with van der Waals surface area (Å²) in [6.07, 6.45) is 2.56. The van der Waals surface area contributed by atoms with Crippen LogP contribution in [0.15, 0.2) is 17.7 Å². The smallest absolute Gasteiger partial charge is 0.259 e. The summed E-state index contributed by atoms with van der Waals surface area (Å²) in [5.41, 5.74) is 14.2. The lowest BCUT2D eigenvalue weighted by atomic mass is 9.93. The lowest BCUT2D eigenvalue weighted by Crippen LogP contribution is -2.13. The standard InChI is InChI=1S/C16H16N4O2S2/c1-7-10(4-5-11(18)20-7)22-16-12-9(14(24-16)15(19)21)3-2-8(6-17)13(12)23/h4-6,17,23H,2-3H2,1H3,(H2,18,20)(H2,19,21). The molecule has 3 rings (SSSR count). The van der Waals surface area contributed by atoms with Crippen LogP contribution in [0.5, 0.6) is 10.8 Å². The molecule has 0 bridgehead atoms. The van der Waals surface area contributed by atoms with E-state index in [9.17, 15) is 4.79 Å². The van der Waals surface area contributed by atoms with E-state index in [0.29, 0.717) is 44.9 Å². The van der Waals surface area contributed by atoms with E-state index in [0.717, 1.165) is 16.7 Å². The van der Waals surface area contributed by atoms with Gasteiger partial charge >= 0.3 is 0 Å². The Kier molecular flexibility index (Phi) is 4.33. The molecule has 8 heteroatoms. The number of nitrogens with two attached hydrogens (primary N) is 2. The summed E-state index contributed by atoms with van der Waals surface area (Å²) in [7, 11) is 0. The molecule has 0 saturated carbocycles. The molecule has 0 saturated heterocycles. The molecule has 0 aromatic carbocycles. The van der Waals surface area contributed by atoms with Crippen molar-refractivity contribution in [3.05, 3.63) is 39.4 Å². The average Bonchev–Trinajstić information content (AvgIpc) is 2.90. The van der Waals surface area contributed by atoms with Crippen LogP contribution in [0.4, 0.5) is 5.82 Å². The van der Waals surface area contributed by atoms with E-state index in [1.165, 1.54) is 17.6 Å². The van der Waals surface area contributed by atoms with Crippen LogP contribution >= 0.6 is 24.0 Å². The number of carbonyl (C=O) groups excluding carboxylic acids is 1. The largest absolute Gasteiger partial charge is 0.444 e. The first-order valence-electron chi connectivity index (χ1n) is 7.21. The van der Waals surface area contributed by atoms with Gasteiger partial charge in [-0.15, -0.1) is 12.6 Å². The van der Waals surface area contributed by atoms with Gasteiger partial charge in [-0.1, -0.05) is 11.3 Å². The van der Waals surface area contributed by atoms with Gasteiger partial charge in [0, 0.05) is 16.7 Å². The van der Waals surface area contributed by atoms with Crippen molar-refractivity contribution in [1.29, 1.82) is 5.41 Å². The molecule has 1 aliphatic carbocycles. The van der Waals surface area contributed by atoms with E-state index in [4.69, 9.17) is 21.6 Å². The average molecular weight is 360 g/mol. The number of amides is 1. The number of pyridine rings is 1. The van der Waals surface area contributed by atoms with Crippen LogP contribution < -0.4 is 16.2 Å². The molecule has 0 fully saturated rings. The molecule has 0 atom stereocenters. The van der Waals surface area contributed by atoms with Gasteiger partial charge in [-0.25, -0.2) is 4.98 Å². The van der Waals surface area contributed by atoms with E-state index in [2.05, 4.69) is 17.6 Å². The number of nitrogen functional groups attached to an aromatic ring is 1. The number of hydrogen-bond acceptors (Lipinski definition) is 7. The van der Waals surface area contributed by atoms with Crippen molar-refractivity contribution in [1.82, 2.24) is 4.98 Å². The predicted molar refractivity (Wildman–Crippen MR) is 99.3 cm³/mol. The first-order chi connectivity index (χ1) is 11.4. The zero-order valence-corrected chi connectivity index (χ0v) is 14.6. The van der Waals surface area contributed by atoms with Crippen molar-refractivity contribution in [2.75, 3.05) is 5.73 Å². The van der Waals surface area contributed by atoms with E-state index in [-0.39, 0.29) is 0 Å². The number of rotatable bonds is 4. The second-order valence-corrected chi connectivity index (χ2v) is 6.81. The van der Waals surface area contributed by atoms with Gasteiger partial charge in [-0.2, -0.15) is 0 Å². The fraction of sp³-hybridized carbons (Fsp3) is 0.188. The number of ether oxygens (including phenoxy) is 1. The molecule has 2 aromatic rings. The minimum atomic E-state index is -0.488. The molecular weight excluding hydrogens is 344 g/mol. The van der Waals surface area contributed by atoms with E-state index < -0.39 is 5.91 Å². The van der Waals surface area contributed by atoms with Crippen molar-refractivity contribution in [3.8, 4) is 10.8 Å². The molecule has 0 spiro atoms. The van der Waals surface area contributed by atoms with Gasteiger partial charge in [0.1, 0.15) is 11.6 Å². The normalized spacial score (nSPS) is 13.6. The summed E-state index contributed by atoms with van der Waals surface area (Å²) < 4.78 is 5.99. The third kappa shape index (κ3) is 2.78. The monoisotopic (exact) mass is 360 g/mol. The number of allylic oxidation sites excluding steroid dienone is 1. The van der Waals surface area contributed by atoms with Crippen LogP contribution in [0, 0.1) is 12.3 Å². The maximum absolute atomic E-state index is 11.8. The number of aromatic nitrogens is 1. The summed E-state index contributed by atoms with van der Waals surface area (Å²) in [4.78, 5) is 17.1. The highest BCUT2D eigenvalue weighted by molar-refractivity contribution is 7.90. The summed E-state index contributed by atoms with van der Waals surface area (Å²) in [5.74, 6) is 0.469. The number of primary amides is 1. The number of anilines is 1. The number of carbonyl (C=O) groups is 1. The van der Waals surface area contributed by atoms with E-state index >= 15 is 0 Å². The van der Waals surface area contributed by atoms with Gasteiger partial charge in [0.2, 0.25) is 0 Å². The van der Waals surface area contributed by atoms with Crippen molar-refractivity contribution in [2.45, 2.75) is 19.8 Å². The molecule has 1 amide bonds. The van der Waals surface area contributed by atoms with Gasteiger partial charge < -0.3 is 21.6 Å². The molecule has 0 aliphatic heterocycles. The molecule has 2 heterocycles. The van der Waals surface area contributed by atoms with Crippen molar-refractivity contribution >= 4 is 46.8 Å². The first-order valence-corrected chi connectivity index (χ1v) is 8.48. The Morgan fingerprint density at radius 3 is 2.83 bits per heavy atom. The van der Waals surface area contributed by atoms with Crippen LogP contribution in [0.2, 0.25) is 0 Å². The number of nitrogens with one attached hydrogen (secondary N) is 1. The summed E-state index contributed by atoms with van der Waals surface area (Å²) >= 11 is 5.74. The third-order valence-electron chi connectivity index (χ3n) is 3.82. The zero-order valence-electron chi connectivity index (χ0n) is 12.9. The molecule has 1 aliphatic rings. The number of thiophene rings is 1. The molecular formula is C16H16N4O2S2. The Bertz CT molecular complexity index is 886. The fourth-order valence-corrected chi connectivity index (χ4v) is 4.21. The Hall–Kier alpha value is -2.32. The number of fused-ring (bicyclic) bond motifs is 1. The maximum atomic E-state index is 11.8. The topological polar surface area (TPSA) is 115 Å². The highest BCUT2D eigenvalue weighted by Crippen LogP contribution is 2.47. The maximum Gasteiger partial charge on any atom is 0.259 e. The molecule has 24 heavy (non-hydrogen) atoms. The SMILES string of the molecule is Cc1nc(N)ccc1Oc1sc(C(N)=O)c2c1C(S)=C(C=N)CC2. The molecule has 2 aromatic heterocycles. The Balaban J connectivity index is 2.14. The summed E-state index contributed by atoms with van der Waals surface area (Å²) in [6, 6.07) is 3.38. The van der Waals surface area contributed by atoms with Crippen LogP contribution in [0.1, 0.15) is 32.9 Å². The van der Waals surface area contributed by atoms with Crippen LogP contribution in [-0.2, 0) is 6.42 Å². The highest BCUT2D eigenvalue weighted by Gasteiger charge is 2.28. The quantitative estimate of drug-likeness (QED) is 0.495. The fourth-order valence-electron chi connectivity index (χ4n) is 2.65. The molecule has 5 N–H and O–H groups in total. The lowest BCUT2D eigenvalue weighted by molar-refractivity contribution is 0.100. The first kappa shape index (κ1) is 16.5. The highest BCUT2D eigenvalue weighted by atomic mass is 32.1. The second kappa shape index (κ2) is 6.29. The third-order valence-corrected chi connectivity index (χ3v) is 5.45. The predicted octanol–water partition coefficient (Wildman–Crippen LogP) is 3.16. The van der Waals surface area contributed by atoms with Gasteiger partial charge in [0.15, 0.2) is 5.06 Å². The van der Waals surface area contributed by atoms with E-state index in [1.807, 2.05) is 0 Å². The van der Waals surface area contributed by atoms with Gasteiger partial charge in [0.05, 0.1) is 10.6 Å². The van der Waals surface area contributed by atoms with E-state index in [1.54, 1.807) is 19.1 Å². The number of aryl methyl sites for hydroxylation is 1. The Morgan fingerprint density at radius 1 is 1.46 bits per heavy atom. The molecule has 124 valence electrons. The van der Waals surface area contributed by atoms with Crippen molar-refractivity contribution in [3.63, 3.8) is 0 Å². The number of nitrogens with zero attached hydrogens (tertiary/aromatic N) is 1. The number of thiol groups is 1. The summed E-state index contributed by atoms with van der Waals surface area (Å²) in [5, 5.41) is 8.05. The minimum absolute atomic E-state index is 0.409. The number of hydrogen-bond donors (Lipinski definition) is 4. The molecule has 0 unspecified atom stereocenters. The van der Waals surface area contributed by atoms with Gasteiger partial charge in [-0.3, -0.25) is 4.79 Å². The molecule has 6 nitrogen and oxygen atoms in total. The van der Waals surface area contributed by atoms with Crippen LogP contribution in [-0.4, -0.2) is 17.1 Å². The Morgan fingerprint density at radius 2 is 2.21 bits per heavy atom.